The van der Waals surface area contributed by atoms with Gasteiger partial charge in [-0.2, -0.15) is 0 Å². The molecule has 2 aliphatic rings. The predicted molar refractivity (Wildman–Crippen MR) is 276 cm³/mol. The Bertz CT molecular complexity index is 2890. The summed E-state index contributed by atoms with van der Waals surface area (Å²) in [7, 11) is 0. The second-order valence-corrected chi connectivity index (χ2v) is 21.3. The molecule has 360 valence electrons. The van der Waals surface area contributed by atoms with Crippen LogP contribution in [-0.2, 0) is 34.3 Å². The molecule has 1 fully saturated rings. The molecule has 2 aromatic heterocycles. The van der Waals surface area contributed by atoms with E-state index in [4.69, 9.17) is 14.3 Å². The van der Waals surface area contributed by atoms with E-state index < -0.39 is 52.6 Å². The molecule has 0 bridgehead atoms. The van der Waals surface area contributed by atoms with Crippen molar-refractivity contribution in [1.29, 1.82) is 0 Å². The van der Waals surface area contributed by atoms with E-state index >= 15 is 0 Å². The van der Waals surface area contributed by atoms with E-state index in [2.05, 4.69) is 36.2 Å². The first kappa shape index (κ1) is 48.8. The normalized spacial score (nSPS) is 15.9. The molecule has 15 nitrogen and oxygen atoms in total. The number of benzene rings is 5. The Labute approximate surface area is 426 Å². The highest BCUT2D eigenvalue weighted by molar-refractivity contribution is 8.18. The summed E-state index contributed by atoms with van der Waals surface area (Å²) in [5, 5.41) is 22.9. The molecular weight excluding hydrogens is 977 g/mol. The van der Waals surface area contributed by atoms with Crippen molar-refractivity contribution in [3.8, 4) is 0 Å². The molecule has 5 aromatic carbocycles. The van der Waals surface area contributed by atoms with Crippen LogP contribution in [0.5, 0.6) is 0 Å². The number of β-lactam (4-membered cyclic amide) rings is 1. The Morgan fingerprint density at radius 3 is 1.92 bits per heavy atom. The molecule has 7 aromatic rings. The molecule has 0 aliphatic carbocycles. The maximum atomic E-state index is 14.9. The number of ether oxygens (including phenoxy) is 2. The van der Waals surface area contributed by atoms with Gasteiger partial charge in [-0.05, 0) is 31.9 Å². The van der Waals surface area contributed by atoms with Gasteiger partial charge in [-0.1, -0.05) is 174 Å². The van der Waals surface area contributed by atoms with Crippen LogP contribution in [0.15, 0.2) is 184 Å². The number of carbonyl (C=O) groups excluding carboxylic acids is 4. The van der Waals surface area contributed by atoms with Gasteiger partial charge in [0.2, 0.25) is 5.60 Å². The minimum atomic E-state index is -1.39. The number of hydrogen-bond acceptors (Lipinski definition) is 15. The third kappa shape index (κ3) is 11.1. The van der Waals surface area contributed by atoms with Crippen LogP contribution in [0.4, 0.5) is 9.93 Å². The molecule has 0 spiro atoms. The average Bonchev–Trinajstić information content (AvgIpc) is 4.09. The zero-order chi connectivity index (χ0) is 49.4. The quantitative estimate of drug-likeness (QED) is 0.0149. The number of fused-ring (bicyclic) bond motifs is 1. The van der Waals surface area contributed by atoms with Gasteiger partial charge in [0.1, 0.15) is 33.4 Å². The maximum absolute atomic E-state index is 14.9. The summed E-state index contributed by atoms with van der Waals surface area (Å²) in [4.78, 5) is 70.5. The lowest BCUT2D eigenvalue weighted by Gasteiger charge is -2.49. The average molecular weight is 1020 g/mol. The minimum absolute atomic E-state index is 0.0573. The van der Waals surface area contributed by atoms with E-state index in [1.54, 1.807) is 32.3 Å². The highest BCUT2D eigenvalue weighted by Crippen LogP contribution is 2.46. The van der Waals surface area contributed by atoms with Crippen molar-refractivity contribution < 1.29 is 33.5 Å². The summed E-state index contributed by atoms with van der Waals surface area (Å²) in [5.74, 6) is -1.67. The number of nitrogens with zero attached hydrogens (tertiary/aromatic N) is 5. The van der Waals surface area contributed by atoms with Crippen LogP contribution in [0.2, 0.25) is 0 Å². The molecule has 3 amide bonds. The number of esters is 1. The van der Waals surface area contributed by atoms with Gasteiger partial charge in [-0.15, -0.1) is 40.0 Å². The number of amides is 3. The van der Waals surface area contributed by atoms with E-state index in [1.807, 2.05) is 152 Å². The number of anilines is 1. The van der Waals surface area contributed by atoms with Gasteiger partial charge >= 0.3 is 12.1 Å². The lowest BCUT2D eigenvalue weighted by Crippen LogP contribution is -2.71. The van der Waals surface area contributed by atoms with Crippen LogP contribution < -0.4 is 10.6 Å². The number of thiazole rings is 1. The molecule has 2 aliphatic heterocycles. The van der Waals surface area contributed by atoms with Crippen molar-refractivity contribution in [2.45, 2.75) is 54.5 Å². The van der Waals surface area contributed by atoms with Gasteiger partial charge in [-0.25, -0.2) is 14.6 Å². The lowest BCUT2D eigenvalue weighted by molar-refractivity contribution is -0.154. The zero-order valence-electron chi connectivity index (χ0n) is 38.5. The van der Waals surface area contributed by atoms with E-state index in [9.17, 15) is 19.2 Å². The third-order valence-electron chi connectivity index (χ3n) is 11.1. The molecule has 9 rings (SSSR count). The number of aromatic nitrogens is 4. The van der Waals surface area contributed by atoms with Gasteiger partial charge in [0.25, 0.3) is 11.8 Å². The lowest BCUT2D eigenvalue weighted by atomic mass is 9.80. The molecule has 2 atom stereocenters. The summed E-state index contributed by atoms with van der Waals surface area (Å²) >= 11 is 5.28. The van der Waals surface area contributed by atoms with Gasteiger partial charge in [0.05, 0.1) is 11.3 Å². The SMILES string of the molecule is CC(C)(C)OC(=O)Nc1nc(/C(=N/OC(c2ccccc2)(c2ccccc2)c2ccccc2)C(=O)N[C@@H]2C(=O)N3C(C(=O)OC(c4ccccc4)c4ccccc4)=C(SCSc4c[nH]nn4)CS[C@@H]23)cs1. The molecular formula is C52H46N8O7S4. The topological polar surface area (TPSA) is 190 Å². The third-order valence-corrected chi connectivity index (χ3v) is 15.4. The number of rotatable bonds is 17. The molecule has 0 unspecified atom stereocenters. The highest BCUT2D eigenvalue weighted by atomic mass is 32.2. The van der Waals surface area contributed by atoms with Crippen molar-refractivity contribution in [2.75, 3.05) is 16.2 Å². The van der Waals surface area contributed by atoms with Crippen molar-refractivity contribution in [2.24, 2.45) is 5.16 Å². The second kappa shape index (κ2) is 21.8. The second-order valence-electron chi connectivity index (χ2n) is 16.9. The molecule has 0 saturated carbocycles. The maximum Gasteiger partial charge on any atom is 0.413 e. The first-order valence-electron chi connectivity index (χ1n) is 22.3. The van der Waals surface area contributed by atoms with E-state index in [0.29, 0.717) is 20.8 Å². The predicted octanol–water partition coefficient (Wildman–Crippen LogP) is 9.75. The van der Waals surface area contributed by atoms with Crippen molar-refractivity contribution >= 4 is 81.3 Å². The fourth-order valence-corrected chi connectivity index (χ4v) is 12.2. The first-order valence-corrected chi connectivity index (χ1v) is 26.2. The van der Waals surface area contributed by atoms with Gasteiger partial charge < -0.3 is 19.6 Å². The van der Waals surface area contributed by atoms with E-state index in [1.165, 1.54) is 40.2 Å². The number of hydrogen-bond donors (Lipinski definition) is 3. The number of aromatic amines is 1. The van der Waals surface area contributed by atoms with Crippen molar-refractivity contribution in [1.82, 2.24) is 30.6 Å². The standard InChI is InChI=1S/C52H46N8O7S4/c1-51(2,3)66-50(64)56-49-54-38(30-69-49)41(58-67-52(35-23-13-6-14-24-35,36-25-15-7-16-26-36)37-27-17-8-18-28-37)45(61)55-42-46(62)60-43(39(31-68-47(42)60)70-32-71-40-29-53-59-57-40)48(63)65-44(33-19-9-4-10-20-33)34-21-11-5-12-22-34/h4-30,42,44,47H,31-32H2,1-3H3,(H,55,61)(H,53,57,59)(H,54,56,64)/b58-41-/t42-,47+/m1/s1. The Morgan fingerprint density at radius 2 is 1.38 bits per heavy atom. The van der Waals surface area contributed by atoms with Gasteiger partial charge in [-0.3, -0.25) is 24.9 Å². The number of thioether (sulfide) groups is 3. The van der Waals surface area contributed by atoms with Crippen molar-refractivity contribution in [3.05, 3.63) is 207 Å². The summed E-state index contributed by atoms with van der Waals surface area (Å²) < 4.78 is 11.8. The van der Waals surface area contributed by atoms with E-state index in [0.717, 1.165) is 39.2 Å². The minimum Gasteiger partial charge on any atom is -0.448 e. The number of oxime groups is 1. The fourth-order valence-electron chi connectivity index (χ4n) is 7.90. The highest BCUT2D eigenvalue weighted by Gasteiger charge is 2.55. The Hall–Kier alpha value is -7.19. The van der Waals surface area contributed by atoms with Crippen LogP contribution in [0.25, 0.3) is 0 Å². The Balaban J connectivity index is 1.05. The van der Waals surface area contributed by atoms with Crippen LogP contribution in [-0.4, -0.2) is 82.7 Å². The fraction of sp³-hybridized carbons (Fsp3) is 0.192. The van der Waals surface area contributed by atoms with Crippen LogP contribution in [0, 0.1) is 0 Å². The van der Waals surface area contributed by atoms with Crippen molar-refractivity contribution in [3.63, 3.8) is 0 Å². The molecule has 0 radical (unpaired) electrons. The van der Waals surface area contributed by atoms with Crippen LogP contribution in [0.3, 0.4) is 0 Å². The Morgan fingerprint density at radius 1 is 0.817 bits per heavy atom. The monoisotopic (exact) mass is 1020 g/mol. The molecule has 1 saturated heterocycles. The molecule has 4 heterocycles. The summed E-state index contributed by atoms with van der Waals surface area (Å²) in [6.07, 6.45) is 0.155. The van der Waals surface area contributed by atoms with Gasteiger partial charge in [0.15, 0.2) is 16.9 Å². The largest absolute Gasteiger partial charge is 0.448 e. The zero-order valence-corrected chi connectivity index (χ0v) is 41.7. The van der Waals surface area contributed by atoms with Crippen LogP contribution >= 0.6 is 46.6 Å². The number of carbonyl (C=O) groups is 4. The molecule has 3 N–H and O–H groups in total. The summed E-state index contributed by atoms with van der Waals surface area (Å²) in [6, 6.07) is 46.2. The van der Waals surface area contributed by atoms with Crippen LogP contribution in [0.1, 0.15) is 60.4 Å². The molecule has 71 heavy (non-hydrogen) atoms. The summed E-state index contributed by atoms with van der Waals surface area (Å²) in [6.45, 7) is 5.22. The smallest absolute Gasteiger partial charge is 0.413 e. The summed E-state index contributed by atoms with van der Waals surface area (Å²) in [5.41, 5.74) is 1.37. The first-order chi connectivity index (χ1) is 34.5. The molecule has 19 heteroatoms. The Kier molecular flexibility index (Phi) is 15.0. The number of nitrogens with one attached hydrogen (secondary N) is 3. The van der Waals surface area contributed by atoms with Gasteiger partial charge in [0, 0.05) is 32.7 Å². The number of H-pyrrole nitrogens is 1. The van der Waals surface area contributed by atoms with E-state index in [-0.39, 0.29) is 22.2 Å².